The molecule has 0 unspecified atom stereocenters. The van der Waals surface area contributed by atoms with Gasteiger partial charge in [0.05, 0.1) is 16.7 Å². The molecule has 0 aromatic heterocycles. The number of nitro groups is 1. The first-order valence-electron chi connectivity index (χ1n) is 2.84. The Kier molecular flexibility index (Phi) is 4.30. The van der Waals surface area contributed by atoms with Crippen molar-refractivity contribution >= 4 is 49.1 Å². The number of nitrogens with zero attached hydrogens (tertiary/aromatic N) is 1. The summed E-state index contributed by atoms with van der Waals surface area (Å²) in [7, 11) is 0. The second kappa shape index (κ2) is 4.49. The minimum atomic E-state index is -0.598. The zero-order chi connectivity index (χ0) is 8.43. The van der Waals surface area contributed by atoms with Gasteiger partial charge in [0.25, 0.3) is 5.69 Å². The van der Waals surface area contributed by atoms with Gasteiger partial charge in [0.1, 0.15) is 5.75 Å². The van der Waals surface area contributed by atoms with E-state index in [1.54, 1.807) is 0 Å². The van der Waals surface area contributed by atoms with E-state index in [9.17, 15) is 10.1 Å². The van der Waals surface area contributed by atoms with Gasteiger partial charge in [0.2, 0.25) is 0 Å². The second-order valence-electron chi connectivity index (χ2n) is 2.00. The van der Waals surface area contributed by atoms with Crippen LogP contribution in [0.2, 0.25) is 0 Å². The fourth-order valence-electron chi connectivity index (χ4n) is 0.646. The van der Waals surface area contributed by atoms with E-state index in [0.717, 1.165) is 6.07 Å². The van der Waals surface area contributed by atoms with Gasteiger partial charge >= 0.3 is 37.7 Å². The third-order valence-corrected chi connectivity index (χ3v) is 1.22. The van der Waals surface area contributed by atoms with Crippen LogP contribution in [0.4, 0.5) is 11.4 Å². The van der Waals surface area contributed by atoms with Crippen molar-refractivity contribution in [3.8, 4) is 5.75 Å². The van der Waals surface area contributed by atoms with Crippen LogP contribution in [0.15, 0.2) is 18.2 Å². The zero-order valence-corrected chi connectivity index (χ0v) is 8.44. The van der Waals surface area contributed by atoms with E-state index in [1.807, 2.05) is 0 Å². The largest absolute Gasteiger partial charge is 2.00 e. The maximum atomic E-state index is 10.1. The fourth-order valence-corrected chi connectivity index (χ4v) is 0.646. The molecule has 12 heavy (non-hydrogen) atoms. The van der Waals surface area contributed by atoms with Crippen molar-refractivity contribution in [1.29, 1.82) is 0 Å². The second-order valence-corrected chi connectivity index (χ2v) is 2.00. The first-order chi connectivity index (χ1) is 5.11. The van der Waals surface area contributed by atoms with Gasteiger partial charge in [-0.2, -0.15) is 0 Å². The van der Waals surface area contributed by atoms with E-state index < -0.39 is 4.92 Å². The van der Waals surface area contributed by atoms with E-state index in [-0.39, 0.29) is 57.7 Å². The smallest absolute Gasteiger partial charge is 1.00 e. The molecule has 1 rings (SSSR count). The molecule has 0 saturated carbocycles. The molecule has 1 aromatic carbocycles. The molecule has 3 N–H and O–H groups in total. The molecule has 0 aliphatic rings. The molecule has 0 fully saturated rings. The van der Waals surface area contributed by atoms with Crippen LogP contribution in [0.25, 0.3) is 0 Å². The summed E-state index contributed by atoms with van der Waals surface area (Å²) in [5, 5.41) is 19.0. The predicted molar refractivity (Wildman–Crippen MR) is 47.2 cm³/mol. The fraction of sp³-hybridized carbons (Fsp3) is 0. The summed E-state index contributed by atoms with van der Waals surface area (Å²) in [6, 6.07) is 3.53. The van der Waals surface area contributed by atoms with Gasteiger partial charge in [-0.05, 0) is 6.07 Å². The molecule has 62 valence electrons. The van der Waals surface area contributed by atoms with Gasteiger partial charge in [-0.25, -0.2) is 0 Å². The van der Waals surface area contributed by atoms with Gasteiger partial charge in [0, 0.05) is 6.07 Å². The van der Waals surface area contributed by atoms with Crippen LogP contribution in [0, 0.1) is 10.1 Å². The number of phenolic OH excluding ortho intramolecular Hbond substituents is 1. The molecule has 0 radical (unpaired) electrons. The number of hydrogen-bond donors (Lipinski definition) is 2. The molecule has 0 bridgehead atoms. The Morgan fingerprint density at radius 1 is 1.58 bits per heavy atom. The molecule has 0 atom stereocenters. The number of anilines is 1. The number of non-ortho nitro benzene ring substituents is 1. The third kappa shape index (κ3) is 2.51. The molecule has 0 aliphatic carbocycles. The molecule has 0 aliphatic heterocycles. The van der Waals surface area contributed by atoms with Gasteiger partial charge in [-0.15, -0.1) is 0 Å². The van der Waals surface area contributed by atoms with E-state index >= 15 is 0 Å². The van der Waals surface area contributed by atoms with Crippen LogP contribution in [-0.4, -0.2) is 47.8 Å². The molecular formula is C6H8CaN2O3. The third-order valence-electron chi connectivity index (χ3n) is 1.22. The Balaban J connectivity index is -0.000000403. The number of hydrogen-bond acceptors (Lipinski definition) is 4. The average Bonchev–Trinajstić information content (AvgIpc) is 1.94. The van der Waals surface area contributed by atoms with Crippen molar-refractivity contribution in [3.63, 3.8) is 0 Å². The van der Waals surface area contributed by atoms with Crippen molar-refractivity contribution in [2.45, 2.75) is 0 Å². The summed E-state index contributed by atoms with van der Waals surface area (Å²) in [4.78, 5) is 9.52. The van der Waals surface area contributed by atoms with Crippen LogP contribution in [0.1, 0.15) is 2.85 Å². The Labute approximate surface area is 101 Å². The number of aromatic hydroxyl groups is 1. The number of nitrogen functional groups attached to an aromatic ring is 1. The normalized spacial score (nSPS) is 8.67. The van der Waals surface area contributed by atoms with Crippen LogP contribution >= 0.6 is 0 Å². The number of phenols is 1. The Bertz CT molecular complexity index is 311. The Hall–Kier alpha value is -0.520. The maximum Gasteiger partial charge on any atom is 2.00 e. The van der Waals surface area contributed by atoms with E-state index in [0.29, 0.717) is 0 Å². The van der Waals surface area contributed by atoms with Crippen molar-refractivity contribution in [2.24, 2.45) is 0 Å². The molecule has 0 spiro atoms. The van der Waals surface area contributed by atoms with Gasteiger partial charge < -0.3 is 13.7 Å². The Morgan fingerprint density at radius 2 is 2.17 bits per heavy atom. The van der Waals surface area contributed by atoms with Crippen molar-refractivity contribution in [2.75, 3.05) is 5.73 Å². The maximum absolute atomic E-state index is 10.1. The van der Waals surface area contributed by atoms with Crippen LogP contribution < -0.4 is 5.73 Å². The first-order valence-corrected chi connectivity index (χ1v) is 2.84. The summed E-state index contributed by atoms with van der Waals surface area (Å²) in [5.74, 6) is -0.265. The molecular weight excluding hydrogens is 188 g/mol. The summed E-state index contributed by atoms with van der Waals surface area (Å²) in [5.41, 5.74) is 5.18. The molecule has 0 heterocycles. The van der Waals surface area contributed by atoms with Crippen LogP contribution in [0.3, 0.4) is 0 Å². The summed E-state index contributed by atoms with van der Waals surface area (Å²) in [6.07, 6.45) is 0. The van der Waals surface area contributed by atoms with Crippen LogP contribution in [-0.2, 0) is 0 Å². The minimum absolute atomic E-state index is 0. The van der Waals surface area contributed by atoms with Gasteiger partial charge in [-0.1, -0.05) is 0 Å². The number of benzene rings is 1. The van der Waals surface area contributed by atoms with Crippen molar-refractivity contribution < 1.29 is 12.9 Å². The average molecular weight is 196 g/mol. The van der Waals surface area contributed by atoms with E-state index in [4.69, 9.17) is 10.8 Å². The quantitative estimate of drug-likeness (QED) is 0.228. The summed E-state index contributed by atoms with van der Waals surface area (Å²) in [6.45, 7) is 0. The predicted octanol–water partition coefficient (Wildman–Crippen LogP) is 0.727. The molecule has 0 saturated heterocycles. The van der Waals surface area contributed by atoms with E-state index in [2.05, 4.69) is 0 Å². The zero-order valence-electron chi connectivity index (χ0n) is 8.23. The summed E-state index contributed by atoms with van der Waals surface area (Å²) >= 11 is 0. The summed E-state index contributed by atoms with van der Waals surface area (Å²) < 4.78 is 0. The molecule has 5 nitrogen and oxygen atoms in total. The molecule has 6 heteroatoms. The van der Waals surface area contributed by atoms with Crippen molar-refractivity contribution in [1.82, 2.24) is 0 Å². The SMILES string of the molecule is Nc1ccc([N+](=O)[O-])cc1O.[Ca+2].[H-].[H-]. The van der Waals surface area contributed by atoms with Gasteiger partial charge in [-0.3, -0.25) is 10.1 Å². The van der Waals surface area contributed by atoms with Crippen LogP contribution in [0.5, 0.6) is 5.75 Å². The topological polar surface area (TPSA) is 89.4 Å². The Morgan fingerprint density at radius 3 is 2.58 bits per heavy atom. The molecule has 0 amide bonds. The monoisotopic (exact) mass is 196 g/mol. The molecule has 1 aromatic rings. The first kappa shape index (κ1) is 11.5. The number of nitro benzene ring substituents is 1. The number of rotatable bonds is 1. The van der Waals surface area contributed by atoms with Gasteiger partial charge in [0.15, 0.2) is 0 Å². The minimum Gasteiger partial charge on any atom is -1.00 e. The van der Waals surface area contributed by atoms with Crippen molar-refractivity contribution in [3.05, 3.63) is 28.3 Å². The van der Waals surface area contributed by atoms with E-state index in [1.165, 1.54) is 12.1 Å². The standard InChI is InChI=1S/C6H6N2O3.Ca.2H/c7-5-2-1-4(8(10)11)3-6(5)9;;;/h1-3,9H,7H2;;;/q;+2;2*-1. The number of nitrogens with two attached hydrogens (primary N) is 1.